The molecule has 1 amide bonds. The van der Waals surface area contributed by atoms with Crippen LogP contribution in [0, 0.1) is 0 Å². The molecular formula is C16H16N6OS. The van der Waals surface area contributed by atoms with E-state index in [1.165, 1.54) is 11.3 Å². The highest BCUT2D eigenvalue weighted by Gasteiger charge is 2.21. The van der Waals surface area contributed by atoms with Gasteiger partial charge in [-0.25, -0.2) is 0 Å². The molecule has 1 aliphatic rings. The molecule has 24 heavy (non-hydrogen) atoms. The largest absolute Gasteiger partial charge is 0.344 e. The fourth-order valence-electron chi connectivity index (χ4n) is 2.68. The number of fused-ring (bicyclic) bond motifs is 1. The second-order valence-corrected chi connectivity index (χ2v) is 6.57. The van der Waals surface area contributed by atoms with Gasteiger partial charge in [-0.05, 0) is 0 Å². The Morgan fingerprint density at radius 2 is 2.12 bits per heavy atom. The predicted octanol–water partition coefficient (Wildman–Crippen LogP) is 1.50. The van der Waals surface area contributed by atoms with E-state index in [0.29, 0.717) is 18.8 Å². The standard InChI is InChI=1S/C16H16N6OS/c23-15(14-11-8-17-7-6-12(11)19-21-14)18-9-13-20-22-16(24-13)10-4-2-1-3-5-10/h1-5,17H,6-9H2,(H,18,23)(H,19,21). The number of nitrogens with one attached hydrogen (secondary N) is 3. The lowest BCUT2D eigenvalue weighted by Gasteiger charge is -2.12. The maximum absolute atomic E-state index is 12.4. The number of hydrogen-bond acceptors (Lipinski definition) is 6. The van der Waals surface area contributed by atoms with Gasteiger partial charge in [-0.2, -0.15) is 5.10 Å². The number of H-pyrrole nitrogens is 1. The molecule has 1 aliphatic heterocycles. The minimum atomic E-state index is -0.187. The molecule has 8 heteroatoms. The zero-order valence-electron chi connectivity index (χ0n) is 12.9. The minimum absolute atomic E-state index is 0.187. The summed E-state index contributed by atoms with van der Waals surface area (Å²) in [4.78, 5) is 12.4. The third-order valence-electron chi connectivity index (χ3n) is 3.91. The van der Waals surface area contributed by atoms with Crippen LogP contribution in [-0.2, 0) is 19.5 Å². The van der Waals surface area contributed by atoms with E-state index in [9.17, 15) is 4.79 Å². The Hall–Kier alpha value is -2.58. The normalized spacial score (nSPS) is 13.5. The monoisotopic (exact) mass is 340 g/mol. The summed E-state index contributed by atoms with van der Waals surface area (Å²) in [6.45, 7) is 1.92. The van der Waals surface area contributed by atoms with Crippen LogP contribution in [0.25, 0.3) is 10.6 Å². The fraction of sp³-hybridized carbons (Fsp3) is 0.250. The van der Waals surface area contributed by atoms with E-state index in [1.54, 1.807) is 0 Å². The predicted molar refractivity (Wildman–Crippen MR) is 90.5 cm³/mol. The number of hydrogen-bond donors (Lipinski definition) is 3. The molecule has 0 spiro atoms. The van der Waals surface area contributed by atoms with Crippen molar-refractivity contribution in [2.24, 2.45) is 0 Å². The fourth-order valence-corrected chi connectivity index (χ4v) is 3.46. The van der Waals surface area contributed by atoms with Crippen LogP contribution in [0.15, 0.2) is 30.3 Å². The topological polar surface area (TPSA) is 95.6 Å². The van der Waals surface area contributed by atoms with Crippen molar-refractivity contribution in [3.8, 4) is 10.6 Å². The van der Waals surface area contributed by atoms with Gasteiger partial charge in [0.25, 0.3) is 5.91 Å². The zero-order valence-corrected chi connectivity index (χ0v) is 13.7. The minimum Gasteiger partial charge on any atom is -0.344 e. The maximum atomic E-state index is 12.4. The van der Waals surface area contributed by atoms with Crippen LogP contribution < -0.4 is 10.6 Å². The summed E-state index contributed by atoms with van der Waals surface area (Å²) in [6.07, 6.45) is 0.868. The summed E-state index contributed by atoms with van der Waals surface area (Å²) in [7, 11) is 0. The van der Waals surface area contributed by atoms with Crippen LogP contribution >= 0.6 is 11.3 Å². The molecule has 4 rings (SSSR count). The van der Waals surface area contributed by atoms with Gasteiger partial charge in [0.15, 0.2) is 5.69 Å². The lowest BCUT2D eigenvalue weighted by molar-refractivity contribution is 0.0944. The van der Waals surface area contributed by atoms with Crippen LogP contribution in [0.3, 0.4) is 0 Å². The molecule has 0 atom stereocenters. The van der Waals surface area contributed by atoms with Crippen molar-refractivity contribution < 1.29 is 4.79 Å². The molecule has 3 N–H and O–H groups in total. The third-order valence-corrected chi connectivity index (χ3v) is 4.88. The highest BCUT2D eigenvalue weighted by atomic mass is 32.1. The summed E-state index contributed by atoms with van der Waals surface area (Å²) in [5.41, 5.74) is 3.49. The highest BCUT2D eigenvalue weighted by Crippen LogP contribution is 2.23. The molecular weight excluding hydrogens is 324 g/mol. The highest BCUT2D eigenvalue weighted by molar-refractivity contribution is 7.14. The molecule has 0 radical (unpaired) electrons. The smallest absolute Gasteiger partial charge is 0.272 e. The van der Waals surface area contributed by atoms with Gasteiger partial charge in [-0.15, -0.1) is 10.2 Å². The van der Waals surface area contributed by atoms with Crippen molar-refractivity contribution in [2.75, 3.05) is 6.54 Å². The van der Waals surface area contributed by atoms with E-state index >= 15 is 0 Å². The maximum Gasteiger partial charge on any atom is 0.272 e. The summed E-state index contributed by atoms with van der Waals surface area (Å²) >= 11 is 1.48. The van der Waals surface area contributed by atoms with Gasteiger partial charge >= 0.3 is 0 Å². The van der Waals surface area contributed by atoms with Gasteiger partial charge in [0, 0.05) is 36.3 Å². The van der Waals surface area contributed by atoms with Crippen LogP contribution in [0.5, 0.6) is 0 Å². The quantitative estimate of drug-likeness (QED) is 0.669. The van der Waals surface area contributed by atoms with E-state index in [2.05, 4.69) is 31.0 Å². The Labute approximate surface area is 142 Å². The van der Waals surface area contributed by atoms with Crippen molar-refractivity contribution in [2.45, 2.75) is 19.5 Å². The average Bonchev–Trinajstić information content (AvgIpc) is 3.27. The van der Waals surface area contributed by atoms with E-state index < -0.39 is 0 Å². The molecule has 0 saturated carbocycles. The number of aromatic amines is 1. The Morgan fingerprint density at radius 3 is 3.00 bits per heavy atom. The SMILES string of the molecule is O=C(NCc1nnc(-c2ccccc2)s1)c1n[nH]c2c1CNCC2. The summed E-state index contributed by atoms with van der Waals surface area (Å²) < 4.78 is 0. The number of amides is 1. The van der Waals surface area contributed by atoms with Crippen molar-refractivity contribution >= 4 is 17.2 Å². The second-order valence-electron chi connectivity index (χ2n) is 5.51. The molecule has 3 heterocycles. The van der Waals surface area contributed by atoms with Crippen molar-refractivity contribution in [1.29, 1.82) is 0 Å². The molecule has 0 unspecified atom stereocenters. The molecule has 0 bridgehead atoms. The Kier molecular flexibility index (Phi) is 4.06. The van der Waals surface area contributed by atoms with Gasteiger partial charge in [0.05, 0.1) is 6.54 Å². The first kappa shape index (κ1) is 15.0. The molecule has 0 saturated heterocycles. The van der Waals surface area contributed by atoms with Crippen molar-refractivity contribution in [3.05, 3.63) is 52.3 Å². The first-order valence-corrected chi connectivity index (χ1v) is 8.56. The van der Waals surface area contributed by atoms with E-state index in [0.717, 1.165) is 39.8 Å². The number of rotatable bonds is 4. The summed E-state index contributed by atoms with van der Waals surface area (Å²) in [5.74, 6) is -0.187. The molecule has 0 aliphatic carbocycles. The molecule has 1 aromatic carbocycles. The van der Waals surface area contributed by atoms with E-state index in [-0.39, 0.29) is 5.91 Å². The molecule has 0 fully saturated rings. The van der Waals surface area contributed by atoms with Gasteiger partial charge in [-0.3, -0.25) is 9.89 Å². The number of carbonyl (C=O) groups excluding carboxylic acids is 1. The van der Waals surface area contributed by atoms with E-state index in [4.69, 9.17) is 0 Å². The van der Waals surface area contributed by atoms with E-state index in [1.807, 2.05) is 30.3 Å². The third kappa shape index (κ3) is 2.93. The Morgan fingerprint density at radius 1 is 1.25 bits per heavy atom. The molecule has 122 valence electrons. The van der Waals surface area contributed by atoms with Crippen LogP contribution in [0.2, 0.25) is 0 Å². The van der Waals surface area contributed by atoms with Crippen LogP contribution in [0.4, 0.5) is 0 Å². The van der Waals surface area contributed by atoms with Crippen molar-refractivity contribution in [3.63, 3.8) is 0 Å². The van der Waals surface area contributed by atoms with Crippen molar-refractivity contribution in [1.82, 2.24) is 31.0 Å². The lowest BCUT2D eigenvalue weighted by Crippen LogP contribution is -2.28. The van der Waals surface area contributed by atoms with Gasteiger partial charge in [-0.1, -0.05) is 41.7 Å². The van der Waals surface area contributed by atoms with Gasteiger partial charge in [0.1, 0.15) is 10.0 Å². The summed E-state index contributed by atoms with van der Waals surface area (Å²) in [5, 5.41) is 23.2. The number of carbonyl (C=O) groups is 1. The number of aromatic nitrogens is 4. The van der Waals surface area contributed by atoms with Crippen LogP contribution in [-0.4, -0.2) is 32.8 Å². The summed E-state index contributed by atoms with van der Waals surface area (Å²) in [6, 6.07) is 9.88. The molecule has 2 aromatic heterocycles. The number of benzene rings is 1. The second kappa shape index (κ2) is 6.50. The average molecular weight is 340 g/mol. The van der Waals surface area contributed by atoms with Gasteiger partial charge < -0.3 is 10.6 Å². The first-order valence-electron chi connectivity index (χ1n) is 7.74. The number of nitrogens with zero attached hydrogens (tertiary/aromatic N) is 3. The first-order chi connectivity index (χ1) is 11.8. The zero-order chi connectivity index (χ0) is 16.4. The Balaban J connectivity index is 1.43. The Bertz CT molecular complexity index is 857. The molecule has 3 aromatic rings. The van der Waals surface area contributed by atoms with Crippen LogP contribution in [0.1, 0.15) is 26.8 Å². The van der Waals surface area contributed by atoms with Gasteiger partial charge in [0.2, 0.25) is 0 Å². The molecule has 7 nitrogen and oxygen atoms in total. The lowest BCUT2D eigenvalue weighted by atomic mass is 10.1.